The predicted octanol–water partition coefficient (Wildman–Crippen LogP) is 3.76. The summed E-state index contributed by atoms with van der Waals surface area (Å²) in [4.78, 5) is 0. The van der Waals surface area contributed by atoms with E-state index in [0.29, 0.717) is 0 Å². The fraction of sp³-hybridized carbons (Fsp3) is 0.200. The summed E-state index contributed by atoms with van der Waals surface area (Å²) in [5.74, 6) is -1.11. The van der Waals surface area contributed by atoms with Crippen molar-refractivity contribution in [3.8, 4) is 17.2 Å². The number of phenols is 1. The molecule has 3 N–H and O–H groups in total. The number of benzene rings is 2. The van der Waals surface area contributed by atoms with Crippen LogP contribution in [0.3, 0.4) is 0 Å². The molecule has 0 radical (unpaired) electrons. The molecule has 7 heteroatoms. The molecule has 2 aromatic carbocycles. The van der Waals surface area contributed by atoms with Crippen LogP contribution in [0.1, 0.15) is 11.1 Å². The Morgan fingerprint density at radius 3 is 2.41 bits per heavy atom. The molecule has 22 heavy (non-hydrogen) atoms. The van der Waals surface area contributed by atoms with E-state index in [1.165, 1.54) is 6.92 Å². The normalized spacial score (nSPS) is 11.3. The number of hydrogen-bond acceptors (Lipinski definition) is 4. The van der Waals surface area contributed by atoms with Gasteiger partial charge in [0, 0.05) is 11.6 Å². The summed E-state index contributed by atoms with van der Waals surface area (Å²) in [6.45, 7) is 1.41. The topological polar surface area (TPSA) is 64.7 Å². The molecule has 0 atom stereocenters. The van der Waals surface area contributed by atoms with Gasteiger partial charge in [0.2, 0.25) is 0 Å². The van der Waals surface area contributed by atoms with Crippen molar-refractivity contribution in [2.75, 3.05) is 5.73 Å². The molecule has 4 nitrogen and oxygen atoms in total. The zero-order valence-corrected chi connectivity index (χ0v) is 11.6. The highest BCUT2D eigenvalue weighted by Crippen LogP contribution is 2.42. The van der Waals surface area contributed by atoms with E-state index in [9.17, 15) is 18.3 Å². The Kier molecular flexibility index (Phi) is 4.35. The number of ether oxygens (including phenoxy) is 2. The molecule has 2 aromatic rings. The van der Waals surface area contributed by atoms with Crippen molar-refractivity contribution in [3.63, 3.8) is 0 Å². The molecule has 0 bridgehead atoms. The van der Waals surface area contributed by atoms with Gasteiger partial charge in [0.25, 0.3) is 0 Å². The van der Waals surface area contributed by atoms with E-state index < -0.39 is 17.9 Å². The number of aromatic hydroxyl groups is 1. The number of hydrogen-bond donors (Lipinski definition) is 2. The quantitative estimate of drug-likeness (QED) is 0.844. The Morgan fingerprint density at radius 1 is 1.18 bits per heavy atom. The van der Waals surface area contributed by atoms with Crippen LogP contribution in [0.5, 0.6) is 17.2 Å². The van der Waals surface area contributed by atoms with Gasteiger partial charge in [-0.25, -0.2) is 0 Å². The maximum absolute atomic E-state index is 12.3. The minimum atomic E-state index is -4.87. The van der Waals surface area contributed by atoms with E-state index in [1.807, 2.05) is 18.2 Å². The third-order valence-electron chi connectivity index (χ3n) is 2.94. The zero-order chi connectivity index (χ0) is 16.3. The standard InChI is InChI=1S/C15H14F3NO3/c1-9-12(22-15(16,17)18)7-11(19)14(13(9)20)21-8-10-5-3-2-4-6-10/h2-7,20H,8,19H2,1H3. The van der Waals surface area contributed by atoms with Crippen molar-refractivity contribution in [2.24, 2.45) is 0 Å². The molecule has 0 aromatic heterocycles. The highest BCUT2D eigenvalue weighted by atomic mass is 19.4. The Hall–Kier alpha value is -2.57. The Bertz CT molecular complexity index is 657. The van der Waals surface area contributed by atoms with Crippen molar-refractivity contribution in [1.29, 1.82) is 0 Å². The molecule has 0 saturated carbocycles. The molecule has 118 valence electrons. The van der Waals surface area contributed by atoms with Gasteiger partial charge in [-0.1, -0.05) is 30.3 Å². The fourth-order valence-corrected chi connectivity index (χ4v) is 1.85. The molecule has 0 amide bonds. The number of nitrogen functional groups attached to an aromatic ring is 1. The Labute approximate surface area is 124 Å². The monoisotopic (exact) mass is 313 g/mol. The van der Waals surface area contributed by atoms with Gasteiger partial charge in [-0.2, -0.15) is 0 Å². The summed E-state index contributed by atoms with van der Waals surface area (Å²) in [5, 5.41) is 9.98. The van der Waals surface area contributed by atoms with E-state index in [-0.39, 0.29) is 23.6 Å². The minimum Gasteiger partial charge on any atom is -0.504 e. The second kappa shape index (κ2) is 6.05. The number of phenolic OH excluding ortho intramolecular Hbond substituents is 1. The number of rotatable bonds is 4. The summed E-state index contributed by atoms with van der Waals surface area (Å²) < 4.78 is 46.1. The maximum atomic E-state index is 12.3. The predicted molar refractivity (Wildman–Crippen MR) is 74.7 cm³/mol. The number of halogens is 3. The van der Waals surface area contributed by atoms with Crippen LogP contribution in [0.2, 0.25) is 0 Å². The molecule has 0 aliphatic heterocycles. The van der Waals surface area contributed by atoms with Crippen LogP contribution < -0.4 is 15.2 Å². The van der Waals surface area contributed by atoms with E-state index in [0.717, 1.165) is 11.6 Å². The third-order valence-corrected chi connectivity index (χ3v) is 2.94. The first-order valence-corrected chi connectivity index (χ1v) is 6.32. The molecular formula is C15H14F3NO3. The lowest BCUT2D eigenvalue weighted by molar-refractivity contribution is -0.274. The second-order valence-electron chi connectivity index (χ2n) is 4.59. The maximum Gasteiger partial charge on any atom is 0.573 e. The zero-order valence-electron chi connectivity index (χ0n) is 11.6. The lowest BCUT2D eigenvalue weighted by atomic mass is 10.1. The summed E-state index contributed by atoms with van der Waals surface area (Å²) in [7, 11) is 0. The molecule has 0 aliphatic carbocycles. The summed E-state index contributed by atoms with van der Waals surface area (Å²) >= 11 is 0. The van der Waals surface area contributed by atoms with Gasteiger partial charge in [0.15, 0.2) is 11.5 Å². The van der Waals surface area contributed by atoms with Gasteiger partial charge in [0.05, 0.1) is 5.69 Å². The first-order valence-electron chi connectivity index (χ1n) is 6.32. The first kappa shape index (κ1) is 15.8. The SMILES string of the molecule is Cc1c(OC(F)(F)F)cc(N)c(OCc2ccccc2)c1O. The summed E-state index contributed by atoms with van der Waals surface area (Å²) in [5.41, 5.74) is 6.23. The van der Waals surface area contributed by atoms with Crippen molar-refractivity contribution >= 4 is 5.69 Å². The Morgan fingerprint density at radius 2 is 1.82 bits per heavy atom. The van der Waals surface area contributed by atoms with Gasteiger partial charge >= 0.3 is 6.36 Å². The smallest absolute Gasteiger partial charge is 0.504 e. The highest BCUT2D eigenvalue weighted by molar-refractivity contribution is 5.67. The lowest BCUT2D eigenvalue weighted by Crippen LogP contribution is -2.18. The molecule has 0 aliphatic rings. The van der Waals surface area contributed by atoms with Crippen LogP contribution >= 0.6 is 0 Å². The van der Waals surface area contributed by atoms with Crippen molar-refractivity contribution < 1.29 is 27.8 Å². The molecule has 0 spiro atoms. The van der Waals surface area contributed by atoms with E-state index in [4.69, 9.17) is 10.5 Å². The third kappa shape index (κ3) is 3.75. The average Bonchev–Trinajstić information content (AvgIpc) is 2.44. The van der Waals surface area contributed by atoms with Gasteiger partial charge in [-0.3, -0.25) is 0 Å². The average molecular weight is 313 g/mol. The van der Waals surface area contributed by atoms with Gasteiger partial charge in [0.1, 0.15) is 12.4 Å². The largest absolute Gasteiger partial charge is 0.573 e. The van der Waals surface area contributed by atoms with Crippen LogP contribution in [-0.4, -0.2) is 11.5 Å². The summed E-state index contributed by atoms with van der Waals surface area (Å²) in [6, 6.07) is 10.1. The molecule has 2 rings (SSSR count). The van der Waals surface area contributed by atoms with Crippen LogP contribution in [0.4, 0.5) is 18.9 Å². The summed E-state index contributed by atoms with van der Waals surface area (Å²) in [6.07, 6.45) is -4.87. The highest BCUT2D eigenvalue weighted by Gasteiger charge is 2.33. The molecule has 0 fully saturated rings. The fourth-order valence-electron chi connectivity index (χ4n) is 1.85. The van der Waals surface area contributed by atoms with Crippen molar-refractivity contribution in [2.45, 2.75) is 19.9 Å². The van der Waals surface area contributed by atoms with Gasteiger partial charge in [-0.15, -0.1) is 13.2 Å². The van der Waals surface area contributed by atoms with Crippen LogP contribution in [0, 0.1) is 6.92 Å². The first-order chi connectivity index (χ1) is 10.3. The molecule has 0 saturated heterocycles. The lowest BCUT2D eigenvalue weighted by Gasteiger charge is -2.17. The van der Waals surface area contributed by atoms with Crippen LogP contribution in [0.25, 0.3) is 0 Å². The molecule has 0 unspecified atom stereocenters. The number of alkyl halides is 3. The van der Waals surface area contributed by atoms with Crippen LogP contribution in [-0.2, 0) is 6.61 Å². The van der Waals surface area contributed by atoms with E-state index in [1.54, 1.807) is 12.1 Å². The Balaban J connectivity index is 2.24. The molecular weight excluding hydrogens is 299 g/mol. The van der Waals surface area contributed by atoms with E-state index >= 15 is 0 Å². The second-order valence-corrected chi connectivity index (χ2v) is 4.59. The van der Waals surface area contributed by atoms with Crippen molar-refractivity contribution in [3.05, 3.63) is 47.5 Å². The van der Waals surface area contributed by atoms with Crippen LogP contribution in [0.15, 0.2) is 36.4 Å². The van der Waals surface area contributed by atoms with Gasteiger partial charge in [-0.05, 0) is 12.5 Å². The minimum absolute atomic E-state index is 0.0733. The van der Waals surface area contributed by atoms with Crippen molar-refractivity contribution in [1.82, 2.24) is 0 Å². The van der Waals surface area contributed by atoms with Gasteiger partial charge < -0.3 is 20.3 Å². The number of anilines is 1. The van der Waals surface area contributed by atoms with E-state index in [2.05, 4.69) is 4.74 Å². The number of nitrogens with two attached hydrogens (primary N) is 1. The molecule has 0 heterocycles.